The second-order valence-corrected chi connectivity index (χ2v) is 6.11. The van der Waals surface area contributed by atoms with E-state index in [4.69, 9.17) is 6.42 Å². The molecule has 0 saturated heterocycles. The van der Waals surface area contributed by atoms with Crippen molar-refractivity contribution in [3.63, 3.8) is 0 Å². The van der Waals surface area contributed by atoms with Gasteiger partial charge in [0.2, 0.25) is 10.0 Å². The van der Waals surface area contributed by atoms with Crippen molar-refractivity contribution in [2.75, 3.05) is 6.54 Å². The predicted octanol–water partition coefficient (Wildman–Crippen LogP) is 2.12. The summed E-state index contributed by atoms with van der Waals surface area (Å²) in [5.74, 6) is 2.21. The van der Waals surface area contributed by atoms with Crippen molar-refractivity contribution >= 4 is 41.9 Å². The van der Waals surface area contributed by atoms with Crippen LogP contribution in [0.25, 0.3) is 0 Å². The minimum Gasteiger partial charge on any atom is -0.207 e. The lowest BCUT2D eigenvalue weighted by Crippen LogP contribution is -2.24. The summed E-state index contributed by atoms with van der Waals surface area (Å²) in [5, 5.41) is 0. The Morgan fingerprint density at radius 3 is 2.67 bits per heavy atom. The van der Waals surface area contributed by atoms with Crippen LogP contribution in [0.2, 0.25) is 0 Å². The van der Waals surface area contributed by atoms with E-state index in [1.807, 2.05) is 0 Å². The van der Waals surface area contributed by atoms with Crippen LogP contribution in [0.4, 0.5) is 0 Å². The molecular formula is C9H7Br2NO2S. The Balaban J connectivity index is 3.16. The number of rotatable bonds is 3. The zero-order valence-electron chi connectivity index (χ0n) is 7.50. The summed E-state index contributed by atoms with van der Waals surface area (Å²) in [7, 11) is -3.54. The molecule has 0 aliphatic heterocycles. The van der Waals surface area contributed by atoms with Crippen molar-refractivity contribution in [1.29, 1.82) is 0 Å². The molecule has 1 aromatic rings. The van der Waals surface area contributed by atoms with E-state index in [0.29, 0.717) is 8.95 Å². The molecule has 1 N–H and O–H groups in total. The highest BCUT2D eigenvalue weighted by Crippen LogP contribution is 2.25. The van der Waals surface area contributed by atoms with Gasteiger partial charge in [0.25, 0.3) is 0 Å². The summed E-state index contributed by atoms with van der Waals surface area (Å²) in [4.78, 5) is 0.159. The first-order chi connectivity index (χ1) is 6.97. The van der Waals surface area contributed by atoms with E-state index < -0.39 is 10.0 Å². The number of hydrogen-bond donors (Lipinski definition) is 1. The molecule has 1 aromatic carbocycles. The Hall–Kier alpha value is -0.350. The minimum atomic E-state index is -3.54. The average Bonchev–Trinajstić information content (AvgIpc) is 2.18. The van der Waals surface area contributed by atoms with Gasteiger partial charge in [0.15, 0.2) is 0 Å². The Morgan fingerprint density at radius 2 is 2.07 bits per heavy atom. The Kier molecular flexibility index (Phi) is 4.34. The first-order valence-corrected chi connectivity index (χ1v) is 6.92. The SMILES string of the molecule is C#CCNS(=O)(=O)c1cc(Br)ccc1Br. The maximum atomic E-state index is 11.7. The second kappa shape index (κ2) is 5.12. The van der Waals surface area contributed by atoms with Gasteiger partial charge in [-0.2, -0.15) is 4.72 Å². The van der Waals surface area contributed by atoms with Crippen molar-refractivity contribution in [2.45, 2.75) is 4.90 Å². The number of sulfonamides is 1. The molecule has 0 aromatic heterocycles. The standard InChI is InChI=1S/C9H7Br2NO2S/c1-2-5-12-15(13,14)9-6-7(10)3-4-8(9)11/h1,3-4,6,12H,5H2. The topological polar surface area (TPSA) is 46.2 Å². The lowest BCUT2D eigenvalue weighted by molar-refractivity contribution is 0.585. The highest BCUT2D eigenvalue weighted by atomic mass is 79.9. The van der Waals surface area contributed by atoms with Crippen molar-refractivity contribution < 1.29 is 8.42 Å². The van der Waals surface area contributed by atoms with Crippen molar-refractivity contribution in [3.8, 4) is 12.3 Å². The number of benzene rings is 1. The van der Waals surface area contributed by atoms with Gasteiger partial charge < -0.3 is 0 Å². The molecule has 1 rings (SSSR count). The smallest absolute Gasteiger partial charge is 0.207 e. The summed E-state index contributed by atoms with van der Waals surface area (Å²) >= 11 is 6.37. The average molecular weight is 353 g/mol. The summed E-state index contributed by atoms with van der Waals surface area (Å²) in [6.07, 6.45) is 4.98. The maximum Gasteiger partial charge on any atom is 0.242 e. The van der Waals surface area contributed by atoms with Gasteiger partial charge in [0, 0.05) is 8.95 Å². The van der Waals surface area contributed by atoms with E-state index >= 15 is 0 Å². The number of hydrogen-bond acceptors (Lipinski definition) is 2. The molecule has 0 radical (unpaired) electrons. The molecule has 0 saturated carbocycles. The first-order valence-electron chi connectivity index (χ1n) is 3.85. The molecule has 0 unspecified atom stereocenters. The number of terminal acetylenes is 1. The Morgan fingerprint density at radius 1 is 1.40 bits per heavy atom. The van der Waals surface area contributed by atoms with Crippen LogP contribution in [0.15, 0.2) is 32.0 Å². The van der Waals surface area contributed by atoms with Crippen LogP contribution < -0.4 is 4.72 Å². The van der Waals surface area contributed by atoms with Gasteiger partial charge in [0.1, 0.15) is 0 Å². The monoisotopic (exact) mass is 351 g/mol. The third-order valence-corrected chi connectivity index (χ3v) is 4.44. The second-order valence-electron chi connectivity index (χ2n) is 2.60. The van der Waals surface area contributed by atoms with Crippen molar-refractivity contribution in [3.05, 3.63) is 27.1 Å². The molecule has 6 heteroatoms. The molecule has 0 spiro atoms. The van der Waals surface area contributed by atoms with Crippen LogP contribution in [0.5, 0.6) is 0 Å². The maximum absolute atomic E-state index is 11.7. The molecule has 0 atom stereocenters. The van der Waals surface area contributed by atoms with E-state index in [-0.39, 0.29) is 11.4 Å². The fourth-order valence-corrected chi connectivity index (χ4v) is 3.33. The van der Waals surface area contributed by atoms with Gasteiger partial charge >= 0.3 is 0 Å². The molecule has 0 aliphatic carbocycles. The van der Waals surface area contributed by atoms with Gasteiger partial charge in [-0.25, -0.2) is 8.42 Å². The largest absolute Gasteiger partial charge is 0.242 e. The Labute approximate surface area is 106 Å². The molecule has 15 heavy (non-hydrogen) atoms. The van der Waals surface area contributed by atoms with E-state index in [0.717, 1.165) is 0 Å². The van der Waals surface area contributed by atoms with Gasteiger partial charge in [-0.3, -0.25) is 0 Å². The molecule has 0 aliphatic rings. The third-order valence-electron chi connectivity index (χ3n) is 1.55. The van der Waals surface area contributed by atoms with E-state index in [9.17, 15) is 8.42 Å². The van der Waals surface area contributed by atoms with Crippen LogP contribution in [0.1, 0.15) is 0 Å². The highest BCUT2D eigenvalue weighted by molar-refractivity contribution is 9.11. The number of halogens is 2. The van der Waals surface area contributed by atoms with Crippen LogP contribution >= 0.6 is 31.9 Å². The summed E-state index contributed by atoms with van der Waals surface area (Å²) < 4.78 is 26.9. The minimum absolute atomic E-state index is 0.0265. The van der Waals surface area contributed by atoms with Crippen molar-refractivity contribution in [1.82, 2.24) is 4.72 Å². The first kappa shape index (κ1) is 12.7. The predicted molar refractivity (Wildman–Crippen MR) is 65.9 cm³/mol. The molecule has 3 nitrogen and oxygen atoms in total. The van der Waals surface area contributed by atoms with Crippen LogP contribution in [0, 0.1) is 12.3 Å². The zero-order valence-corrected chi connectivity index (χ0v) is 11.5. The summed E-state index contributed by atoms with van der Waals surface area (Å²) in [5.41, 5.74) is 0. The third kappa shape index (κ3) is 3.31. The highest BCUT2D eigenvalue weighted by Gasteiger charge is 2.16. The van der Waals surface area contributed by atoms with E-state index in [1.165, 1.54) is 6.07 Å². The van der Waals surface area contributed by atoms with Crippen molar-refractivity contribution in [2.24, 2.45) is 0 Å². The summed E-state index contributed by atoms with van der Waals surface area (Å²) in [6, 6.07) is 4.89. The van der Waals surface area contributed by atoms with E-state index in [2.05, 4.69) is 42.5 Å². The van der Waals surface area contributed by atoms with Gasteiger partial charge in [0.05, 0.1) is 11.4 Å². The molecule has 80 valence electrons. The lowest BCUT2D eigenvalue weighted by Gasteiger charge is -2.06. The molecule has 0 bridgehead atoms. The van der Waals surface area contributed by atoms with Crippen LogP contribution in [-0.4, -0.2) is 15.0 Å². The van der Waals surface area contributed by atoms with Gasteiger partial charge in [-0.1, -0.05) is 21.9 Å². The molecule has 0 fully saturated rings. The Bertz CT molecular complexity index is 505. The molecular weight excluding hydrogens is 346 g/mol. The molecule has 0 amide bonds. The fraction of sp³-hybridized carbons (Fsp3) is 0.111. The zero-order chi connectivity index (χ0) is 11.5. The van der Waals surface area contributed by atoms with Gasteiger partial charge in [-0.05, 0) is 34.1 Å². The quantitative estimate of drug-likeness (QED) is 0.847. The van der Waals surface area contributed by atoms with Crippen LogP contribution in [-0.2, 0) is 10.0 Å². The summed E-state index contributed by atoms with van der Waals surface area (Å²) in [6.45, 7) is -0.0265. The molecule has 0 heterocycles. The lowest BCUT2D eigenvalue weighted by atomic mass is 10.4. The normalized spacial score (nSPS) is 11.0. The van der Waals surface area contributed by atoms with E-state index in [1.54, 1.807) is 12.1 Å². The van der Waals surface area contributed by atoms with Gasteiger partial charge in [-0.15, -0.1) is 6.42 Å². The number of nitrogens with one attached hydrogen (secondary N) is 1. The fourth-order valence-electron chi connectivity index (χ4n) is 0.898. The van der Waals surface area contributed by atoms with Crippen LogP contribution in [0.3, 0.4) is 0 Å².